The van der Waals surface area contributed by atoms with Gasteiger partial charge in [-0.15, -0.1) is 0 Å². The van der Waals surface area contributed by atoms with Gasteiger partial charge in [0.15, 0.2) is 11.5 Å². The average Bonchev–Trinajstić information content (AvgIpc) is 2.39. The van der Waals surface area contributed by atoms with Crippen molar-refractivity contribution in [1.82, 2.24) is 0 Å². The molecule has 0 aliphatic carbocycles. The Morgan fingerprint density at radius 1 is 1.17 bits per heavy atom. The molecule has 0 saturated heterocycles. The fraction of sp³-hybridized carbons (Fsp3) is 0.533. The molecule has 0 amide bonds. The molecule has 0 bridgehead atoms. The second kappa shape index (κ2) is 8.56. The number of carbonyl (C=O) groups excluding carboxylic acids is 1. The number of aromatic hydroxyl groups is 1. The Morgan fingerprint density at radius 2 is 1.89 bits per heavy atom. The molecule has 0 spiro atoms. The summed E-state index contributed by atoms with van der Waals surface area (Å²) < 4.78 is 5.48. The normalized spacial score (nSPS) is 10.3. The van der Waals surface area contributed by atoms with E-state index in [2.05, 4.69) is 6.92 Å². The Kier molecular flexibility index (Phi) is 6.92. The number of rotatable bonds is 9. The number of aldehydes is 1. The summed E-state index contributed by atoms with van der Waals surface area (Å²) >= 11 is 0. The first-order valence-corrected chi connectivity index (χ1v) is 6.69. The van der Waals surface area contributed by atoms with E-state index in [0.29, 0.717) is 17.9 Å². The van der Waals surface area contributed by atoms with Crippen molar-refractivity contribution in [2.24, 2.45) is 0 Å². The summed E-state index contributed by atoms with van der Waals surface area (Å²) in [6.07, 6.45) is 7.94. The van der Waals surface area contributed by atoms with Gasteiger partial charge in [-0.1, -0.05) is 39.0 Å². The van der Waals surface area contributed by atoms with E-state index in [4.69, 9.17) is 4.74 Å². The predicted octanol–water partition coefficient (Wildman–Crippen LogP) is 3.94. The van der Waals surface area contributed by atoms with Gasteiger partial charge in [-0.25, -0.2) is 0 Å². The van der Waals surface area contributed by atoms with Gasteiger partial charge < -0.3 is 9.84 Å². The first-order valence-electron chi connectivity index (χ1n) is 6.69. The topological polar surface area (TPSA) is 46.5 Å². The lowest BCUT2D eigenvalue weighted by molar-refractivity contribution is 0.112. The fourth-order valence-electron chi connectivity index (χ4n) is 1.78. The highest BCUT2D eigenvalue weighted by Gasteiger charge is 2.03. The molecule has 1 rings (SSSR count). The summed E-state index contributed by atoms with van der Waals surface area (Å²) in [5.74, 6) is 0.486. The van der Waals surface area contributed by atoms with Crippen LogP contribution in [0, 0.1) is 0 Å². The van der Waals surface area contributed by atoms with Crippen molar-refractivity contribution in [3.8, 4) is 11.5 Å². The van der Waals surface area contributed by atoms with E-state index in [1.165, 1.54) is 31.7 Å². The molecule has 0 fully saturated rings. The molecule has 0 atom stereocenters. The quantitative estimate of drug-likeness (QED) is 0.533. The highest BCUT2D eigenvalue weighted by molar-refractivity contribution is 5.76. The van der Waals surface area contributed by atoms with Gasteiger partial charge in [-0.2, -0.15) is 0 Å². The lowest BCUT2D eigenvalue weighted by Gasteiger charge is -2.08. The summed E-state index contributed by atoms with van der Waals surface area (Å²) in [6, 6.07) is 4.62. The van der Waals surface area contributed by atoms with Crippen LogP contribution in [-0.4, -0.2) is 18.0 Å². The van der Waals surface area contributed by atoms with E-state index in [0.717, 1.165) is 19.1 Å². The second-order valence-corrected chi connectivity index (χ2v) is 4.46. The molecular formula is C15H22O3. The van der Waals surface area contributed by atoms with Crippen LogP contribution < -0.4 is 4.74 Å². The van der Waals surface area contributed by atoms with Gasteiger partial charge in [0.2, 0.25) is 0 Å². The molecule has 1 N–H and O–H groups in total. The number of hydrogen-bond donors (Lipinski definition) is 1. The van der Waals surface area contributed by atoms with Crippen LogP contribution >= 0.6 is 0 Å². The highest BCUT2D eigenvalue weighted by Crippen LogP contribution is 2.26. The lowest BCUT2D eigenvalue weighted by Crippen LogP contribution is -1.98. The molecule has 100 valence electrons. The zero-order valence-corrected chi connectivity index (χ0v) is 11.0. The molecule has 0 aliphatic heterocycles. The third-order valence-corrected chi connectivity index (χ3v) is 2.88. The van der Waals surface area contributed by atoms with Gasteiger partial charge in [0.25, 0.3) is 0 Å². The minimum atomic E-state index is 0.0894. The van der Waals surface area contributed by atoms with Crippen LogP contribution in [0.3, 0.4) is 0 Å². The first kappa shape index (κ1) is 14.6. The maximum absolute atomic E-state index is 10.6. The largest absolute Gasteiger partial charge is 0.504 e. The molecule has 0 heterocycles. The third kappa shape index (κ3) is 5.21. The van der Waals surface area contributed by atoms with Crippen molar-refractivity contribution < 1.29 is 14.6 Å². The third-order valence-electron chi connectivity index (χ3n) is 2.88. The number of carbonyl (C=O) groups is 1. The van der Waals surface area contributed by atoms with Gasteiger partial charge in [-0.3, -0.25) is 4.79 Å². The standard InChI is InChI=1S/C15H22O3/c1-2-3-4-5-6-7-10-18-15-11-13(12-16)8-9-14(15)17/h8-9,11-12,17H,2-7,10H2,1H3. The van der Waals surface area contributed by atoms with E-state index in [-0.39, 0.29) is 5.75 Å². The molecule has 1 aromatic rings. The molecule has 3 nitrogen and oxygen atoms in total. The van der Waals surface area contributed by atoms with Gasteiger partial charge in [0.05, 0.1) is 6.61 Å². The van der Waals surface area contributed by atoms with Gasteiger partial charge in [0.1, 0.15) is 6.29 Å². The summed E-state index contributed by atoms with van der Waals surface area (Å²) in [5, 5.41) is 9.56. The molecule has 3 heteroatoms. The van der Waals surface area contributed by atoms with E-state index >= 15 is 0 Å². The van der Waals surface area contributed by atoms with Crippen LogP contribution in [-0.2, 0) is 0 Å². The zero-order chi connectivity index (χ0) is 13.2. The molecule has 0 aliphatic rings. The van der Waals surface area contributed by atoms with E-state index in [1.54, 1.807) is 12.1 Å². The van der Waals surface area contributed by atoms with E-state index in [1.807, 2.05) is 0 Å². The Balaban J connectivity index is 2.24. The molecule has 18 heavy (non-hydrogen) atoms. The number of hydrogen-bond acceptors (Lipinski definition) is 3. The monoisotopic (exact) mass is 250 g/mol. The van der Waals surface area contributed by atoms with Gasteiger partial charge in [-0.05, 0) is 24.6 Å². The fourth-order valence-corrected chi connectivity index (χ4v) is 1.78. The Hall–Kier alpha value is -1.51. The van der Waals surface area contributed by atoms with Crippen LogP contribution in [0.15, 0.2) is 18.2 Å². The summed E-state index contributed by atoms with van der Waals surface area (Å²) in [7, 11) is 0. The van der Waals surface area contributed by atoms with E-state index in [9.17, 15) is 9.90 Å². The molecule has 0 saturated carbocycles. The van der Waals surface area contributed by atoms with Crippen LogP contribution in [0.5, 0.6) is 11.5 Å². The second-order valence-electron chi connectivity index (χ2n) is 4.46. The zero-order valence-electron chi connectivity index (χ0n) is 11.0. The van der Waals surface area contributed by atoms with Gasteiger partial charge in [0, 0.05) is 5.56 Å². The van der Waals surface area contributed by atoms with Crippen molar-refractivity contribution >= 4 is 6.29 Å². The smallest absolute Gasteiger partial charge is 0.161 e. The first-order chi connectivity index (χ1) is 8.77. The maximum Gasteiger partial charge on any atom is 0.161 e. The highest BCUT2D eigenvalue weighted by atomic mass is 16.5. The Morgan fingerprint density at radius 3 is 2.61 bits per heavy atom. The lowest BCUT2D eigenvalue weighted by atomic mass is 10.1. The molecule has 0 unspecified atom stereocenters. The van der Waals surface area contributed by atoms with Crippen molar-refractivity contribution in [2.45, 2.75) is 45.4 Å². The Bertz CT molecular complexity index is 361. The van der Waals surface area contributed by atoms with Crippen LogP contribution in [0.2, 0.25) is 0 Å². The number of phenolic OH excluding ortho intramolecular Hbond substituents is 1. The maximum atomic E-state index is 10.6. The van der Waals surface area contributed by atoms with Crippen molar-refractivity contribution in [1.29, 1.82) is 0 Å². The molecule has 0 aromatic heterocycles. The van der Waals surface area contributed by atoms with Crippen molar-refractivity contribution in [3.63, 3.8) is 0 Å². The van der Waals surface area contributed by atoms with Crippen LogP contribution in [0.25, 0.3) is 0 Å². The predicted molar refractivity (Wildman–Crippen MR) is 72.4 cm³/mol. The SMILES string of the molecule is CCCCCCCCOc1cc(C=O)ccc1O. The number of unbranched alkanes of at least 4 members (excludes halogenated alkanes) is 5. The van der Waals surface area contributed by atoms with Crippen molar-refractivity contribution in [2.75, 3.05) is 6.61 Å². The van der Waals surface area contributed by atoms with Crippen molar-refractivity contribution in [3.05, 3.63) is 23.8 Å². The summed E-state index contributed by atoms with van der Waals surface area (Å²) in [5.41, 5.74) is 0.519. The summed E-state index contributed by atoms with van der Waals surface area (Å²) in [4.78, 5) is 10.6. The molecule has 1 aromatic carbocycles. The van der Waals surface area contributed by atoms with Crippen LogP contribution in [0.4, 0.5) is 0 Å². The van der Waals surface area contributed by atoms with E-state index < -0.39 is 0 Å². The molecule has 0 radical (unpaired) electrons. The minimum absolute atomic E-state index is 0.0894. The Labute approximate surface area is 109 Å². The summed E-state index contributed by atoms with van der Waals surface area (Å²) in [6.45, 7) is 2.79. The van der Waals surface area contributed by atoms with Crippen LogP contribution in [0.1, 0.15) is 55.8 Å². The number of phenols is 1. The van der Waals surface area contributed by atoms with Gasteiger partial charge >= 0.3 is 0 Å². The molecular weight excluding hydrogens is 228 g/mol. The average molecular weight is 250 g/mol. The minimum Gasteiger partial charge on any atom is -0.504 e. The number of ether oxygens (including phenoxy) is 1. The number of benzene rings is 1.